The second-order valence-corrected chi connectivity index (χ2v) is 8.38. The molecule has 5 heteroatoms. The third-order valence-corrected chi connectivity index (χ3v) is 6.56. The predicted molar refractivity (Wildman–Crippen MR) is 106 cm³/mol. The largest absolute Gasteiger partial charge is 0.497 e. The number of fused-ring (bicyclic) bond motifs is 4. The summed E-state index contributed by atoms with van der Waals surface area (Å²) in [6, 6.07) is 15.2. The Hall–Kier alpha value is -1.72. The van der Waals surface area contributed by atoms with E-state index in [1.54, 1.807) is 7.11 Å². The van der Waals surface area contributed by atoms with Gasteiger partial charge in [0.15, 0.2) is 6.23 Å². The standard InChI is InChI=1S/C21H23BrN2O2/c1-25-17-5-2-15(3-6-17)21-24(18-7-4-16(22)12-20(18)26-21)19-13-23-10-8-14(19)9-11-23/h2-7,12,14,19,21H,8-11,13H2,1H3. The molecule has 0 N–H and O–H groups in total. The van der Waals surface area contributed by atoms with Crippen LogP contribution < -0.4 is 14.4 Å². The highest BCUT2D eigenvalue weighted by molar-refractivity contribution is 9.10. The summed E-state index contributed by atoms with van der Waals surface area (Å²) in [5.41, 5.74) is 2.39. The lowest BCUT2D eigenvalue weighted by atomic mass is 9.82. The topological polar surface area (TPSA) is 24.9 Å². The fourth-order valence-corrected chi connectivity index (χ4v) is 5.04. The van der Waals surface area contributed by atoms with Crippen LogP contribution in [0.25, 0.3) is 0 Å². The molecule has 2 unspecified atom stereocenters. The number of hydrogen-bond acceptors (Lipinski definition) is 4. The van der Waals surface area contributed by atoms with E-state index in [1.165, 1.54) is 37.2 Å². The minimum absolute atomic E-state index is 0.0734. The number of rotatable bonds is 3. The lowest BCUT2D eigenvalue weighted by molar-refractivity contribution is 0.0699. The molecule has 0 saturated carbocycles. The van der Waals surface area contributed by atoms with Gasteiger partial charge in [0.05, 0.1) is 12.8 Å². The highest BCUT2D eigenvalue weighted by atomic mass is 79.9. The van der Waals surface area contributed by atoms with E-state index in [0.717, 1.165) is 28.4 Å². The van der Waals surface area contributed by atoms with Gasteiger partial charge in [0, 0.05) is 22.6 Å². The molecule has 136 valence electrons. The quantitative estimate of drug-likeness (QED) is 0.740. The smallest absolute Gasteiger partial charge is 0.199 e. The Bertz CT molecular complexity index is 802. The van der Waals surface area contributed by atoms with Gasteiger partial charge >= 0.3 is 0 Å². The van der Waals surface area contributed by atoms with Crippen LogP contribution in [0.1, 0.15) is 24.6 Å². The summed E-state index contributed by atoms with van der Waals surface area (Å²) >= 11 is 3.59. The van der Waals surface area contributed by atoms with Crippen LogP contribution in [0.15, 0.2) is 46.9 Å². The number of halogens is 1. The molecular weight excluding hydrogens is 392 g/mol. The van der Waals surface area contributed by atoms with E-state index in [4.69, 9.17) is 9.47 Å². The van der Waals surface area contributed by atoms with Crippen LogP contribution in [0, 0.1) is 5.92 Å². The Morgan fingerprint density at radius 1 is 1.08 bits per heavy atom. The molecular formula is C21H23BrN2O2. The van der Waals surface area contributed by atoms with Crippen LogP contribution in [0.3, 0.4) is 0 Å². The molecule has 0 aromatic heterocycles. The number of nitrogens with zero attached hydrogens (tertiary/aromatic N) is 2. The van der Waals surface area contributed by atoms with Crippen LogP contribution in [0.2, 0.25) is 0 Å². The maximum absolute atomic E-state index is 6.46. The fraction of sp³-hybridized carbons (Fsp3) is 0.429. The van der Waals surface area contributed by atoms with E-state index in [1.807, 2.05) is 12.1 Å². The molecule has 2 aromatic carbocycles. The van der Waals surface area contributed by atoms with Crippen LogP contribution in [0.5, 0.6) is 11.5 Å². The first kappa shape index (κ1) is 16.5. The summed E-state index contributed by atoms with van der Waals surface area (Å²) in [5.74, 6) is 2.59. The van der Waals surface area contributed by atoms with Crippen molar-refractivity contribution in [3.63, 3.8) is 0 Å². The zero-order valence-electron chi connectivity index (χ0n) is 14.9. The zero-order valence-corrected chi connectivity index (χ0v) is 16.5. The van der Waals surface area contributed by atoms with Gasteiger partial charge in [0.1, 0.15) is 11.5 Å². The molecule has 26 heavy (non-hydrogen) atoms. The minimum Gasteiger partial charge on any atom is -0.497 e. The Kier molecular flexibility index (Phi) is 4.09. The normalized spacial score (nSPS) is 29.4. The van der Waals surface area contributed by atoms with E-state index >= 15 is 0 Å². The van der Waals surface area contributed by atoms with Gasteiger partial charge in [-0.1, -0.05) is 15.9 Å². The molecule has 0 radical (unpaired) electrons. The van der Waals surface area contributed by atoms with Gasteiger partial charge in [0.25, 0.3) is 0 Å². The van der Waals surface area contributed by atoms with Crippen molar-refractivity contribution in [2.45, 2.75) is 25.1 Å². The average molecular weight is 415 g/mol. The van der Waals surface area contributed by atoms with Crippen molar-refractivity contribution < 1.29 is 9.47 Å². The van der Waals surface area contributed by atoms with Gasteiger partial charge in [-0.25, -0.2) is 0 Å². The maximum atomic E-state index is 6.46. The van der Waals surface area contributed by atoms with Crippen LogP contribution in [-0.4, -0.2) is 37.7 Å². The van der Waals surface area contributed by atoms with Gasteiger partial charge in [0.2, 0.25) is 0 Å². The molecule has 2 bridgehead atoms. The summed E-state index contributed by atoms with van der Waals surface area (Å²) in [5, 5.41) is 0. The maximum Gasteiger partial charge on any atom is 0.199 e. The summed E-state index contributed by atoms with van der Waals surface area (Å²) in [6.07, 6.45) is 2.51. The van der Waals surface area contributed by atoms with Crippen LogP contribution in [0.4, 0.5) is 5.69 Å². The number of piperidine rings is 3. The summed E-state index contributed by atoms with van der Waals surface area (Å²) < 4.78 is 12.8. The Balaban J connectivity index is 1.54. The van der Waals surface area contributed by atoms with Gasteiger partial charge in [-0.2, -0.15) is 0 Å². The van der Waals surface area contributed by atoms with Crippen molar-refractivity contribution in [1.82, 2.24) is 4.90 Å². The highest BCUT2D eigenvalue weighted by Gasteiger charge is 2.44. The molecule has 4 aliphatic rings. The Labute approximate surface area is 162 Å². The van der Waals surface area contributed by atoms with Crippen molar-refractivity contribution in [2.75, 3.05) is 31.6 Å². The molecule has 4 nitrogen and oxygen atoms in total. The van der Waals surface area contributed by atoms with Crippen LogP contribution >= 0.6 is 15.9 Å². The fourth-order valence-electron chi connectivity index (χ4n) is 4.70. The van der Waals surface area contributed by atoms with E-state index in [9.17, 15) is 0 Å². The Morgan fingerprint density at radius 2 is 1.85 bits per heavy atom. The van der Waals surface area contributed by atoms with E-state index in [-0.39, 0.29) is 6.23 Å². The van der Waals surface area contributed by atoms with Gasteiger partial charge < -0.3 is 19.3 Å². The number of methoxy groups -OCH3 is 1. The molecule has 0 amide bonds. The van der Waals surface area contributed by atoms with Crippen molar-refractivity contribution >= 4 is 21.6 Å². The highest BCUT2D eigenvalue weighted by Crippen LogP contribution is 2.48. The Morgan fingerprint density at radius 3 is 2.50 bits per heavy atom. The summed E-state index contributed by atoms with van der Waals surface area (Å²) in [4.78, 5) is 5.13. The molecule has 2 aromatic rings. The summed E-state index contributed by atoms with van der Waals surface area (Å²) in [6.45, 7) is 3.63. The number of ether oxygens (including phenoxy) is 2. The van der Waals surface area contributed by atoms with Crippen molar-refractivity contribution in [3.05, 3.63) is 52.5 Å². The SMILES string of the molecule is COc1ccc(C2Oc3cc(Br)ccc3N2C2CN3CCC2CC3)cc1. The first-order chi connectivity index (χ1) is 12.7. The lowest BCUT2D eigenvalue weighted by Gasteiger charge is -2.49. The molecule has 4 heterocycles. The van der Waals surface area contributed by atoms with E-state index in [2.05, 4.69) is 56.1 Å². The van der Waals surface area contributed by atoms with Gasteiger partial charge in [-0.15, -0.1) is 0 Å². The second kappa shape index (κ2) is 6.46. The predicted octanol–water partition coefficient (Wildman–Crippen LogP) is 4.45. The van der Waals surface area contributed by atoms with Crippen molar-refractivity contribution in [1.29, 1.82) is 0 Å². The number of benzene rings is 2. The van der Waals surface area contributed by atoms with E-state index in [0.29, 0.717) is 6.04 Å². The van der Waals surface area contributed by atoms with E-state index < -0.39 is 0 Å². The second-order valence-electron chi connectivity index (χ2n) is 7.47. The molecule has 3 saturated heterocycles. The summed E-state index contributed by atoms with van der Waals surface area (Å²) in [7, 11) is 1.70. The number of anilines is 1. The van der Waals surface area contributed by atoms with Crippen molar-refractivity contribution in [3.8, 4) is 11.5 Å². The molecule has 0 aliphatic carbocycles. The molecule has 4 aliphatic heterocycles. The number of hydrogen-bond donors (Lipinski definition) is 0. The first-order valence-corrected chi connectivity index (χ1v) is 10.1. The molecule has 3 fully saturated rings. The van der Waals surface area contributed by atoms with Gasteiger partial charge in [-0.05, 0) is 74.3 Å². The monoisotopic (exact) mass is 414 g/mol. The first-order valence-electron chi connectivity index (χ1n) is 9.34. The lowest BCUT2D eigenvalue weighted by Crippen LogP contribution is -2.57. The minimum atomic E-state index is -0.0734. The zero-order chi connectivity index (χ0) is 17.7. The molecule has 0 spiro atoms. The third kappa shape index (κ3) is 2.69. The molecule has 6 rings (SSSR count). The third-order valence-electron chi connectivity index (χ3n) is 6.07. The van der Waals surface area contributed by atoms with Crippen molar-refractivity contribution in [2.24, 2.45) is 5.92 Å². The average Bonchev–Trinajstić information content (AvgIpc) is 3.07. The van der Waals surface area contributed by atoms with Crippen LogP contribution in [-0.2, 0) is 0 Å². The van der Waals surface area contributed by atoms with Gasteiger partial charge in [-0.3, -0.25) is 0 Å². The molecule has 2 atom stereocenters.